The van der Waals surface area contributed by atoms with Gasteiger partial charge >= 0.3 is 5.97 Å². The lowest BCUT2D eigenvalue weighted by molar-refractivity contribution is -0.149. The van der Waals surface area contributed by atoms with E-state index in [4.69, 9.17) is 9.47 Å². The number of fused-ring (bicyclic) bond motifs is 2. The molecule has 24 heavy (non-hydrogen) atoms. The van der Waals surface area contributed by atoms with Gasteiger partial charge in [0.2, 0.25) is 0 Å². The SMILES string of the molecule is O=C(O)[C@@]12CCC[C@H]1CN(Cc1cc3c(cc1Br)OCCCO3)C2. The van der Waals surface area contributed by atoms with Gasteiger partial charge in [-0.15, -0.1) is 0 Å². The molecule has 2 aliphatic heterocycles. The molecule has 5 nitrogen and oxygen atoms in total. The van der Waals surface area contributed by atoms with Crippen LogP contribution in [0.25, 0.3) is 0 Å². The molecule has 130 valence electrons. The van der Waals surface area contributed by atoms with E-state index in [2.05, 4.69) is 20.8 Å². The Morgan fingerprint density at radius 1 is 1.29 bits per heavy atom. The Kier molecular flexibility index (Phi) is 4.21. The molecule has 1 saturated heterocycles. The van der Waals surface area contributed by atoms with Crippen LogP contribution >= 0.6 is 15.9 Å². The second kappa shape index (κ2) is 6.23. The third-order valence-corrected chi connectivity index (χ3v) is 6.42. The van der Waals surface area contributed by atoms with Crippen molar-refractivity contribution in [1.29, 1.82) is 0 Å². The molecule has 6 heteroatoms. The van der Waals surface area contributed by atoms with Crippen molar-refractivity contribution in [3.05, 3.63) is 22.2 Å². The van der Waals surface area contributed by atoms with Crippen LogP contribution in [0.15, 0.2) is 16.6 Å². The molecular formula is C18H22BrNO4. The molecule has 0 spiro atoms. The highest BCUT2D eigenvalue weighted by atomic mass is 79.9. The van der Waals surface area contributed by atoms with Crippen molar-refractivity contribution in [1.82, 2.24) is 4.90 Å². The highest BCUT2D eigenvalue weighted by Gasteiger charge is 2.54. The predicted molar refractivity (Wildman–Crippen MR) is 92.4 cm³/mol. The number of ether oxygens (including phenoxy) is 2. The lowest BCUT2D eigenvalue weighted by atomic mass is 9.81. The summed E-state index contributed by atoms with van der Waals surface area (Å²) in [4.78, 5) is 14.1. The molecule has 0 amide bonds. The Balaban J connectivity index is 1.54. The van der Waals surface area contributed by atoms with E-state index in [-0.39, 0.29) is 5.92 Å². The molecule has 1 aliphatic carbocycles. The number of hydrogen-bond donors (Lipinski definition) is 1. The molecule has 1 aromatic carbocycles. The molecule has 3 aliphatic rings. The van der Waals surface area contributed by atoms with Gasteiger partial charge in [0, 0.05) is 30.5 Å². The van der Waals surface area contributed by atoms with Crippen molar-refractivity contribution < 1.29 is 19.4 Å². The Labute approximate surface area is 150 Å². The minimum Gasteiger partial charge on any atom is -0.490 e. The van der Waals surface area contributed by atoms with Crippen LogP contribution in [0.5, 0.6) is 11.5 Å². The average molecular weight is 396 g/mol. The summed E-state index contributed by atoms with van der Waals surface area (Å²) in [6, 6.07) is 4.01. The lowest BCUT2D eigenvalue weighted by Crippen LogP contribution is -2.35. The molecule has 4 rings (SSSR count). The summed E-state index contributed by atoms with van der Waals surface area (Å²) in [5.74, 6) is 1.24. The number of halogens is 1. The van der Waals surface area contributed by atoms with Crippen LogP contribution in [0.4, 0.5) is 0 Å². The van der Waals surface area contributed by atoms with Gasteiger partial charge in [-0.1, -0.05) is 22.4 Å². The Bertz CT molecular complexity index is 665. The smallest absolute Gasteiger partial charge is 0.311 e. The molecular weight excluding hydrogens is 374 g/mol. The third kappa shape index (κ3) is 2.69. The summed E-state index contributed by atoms with van der Waals surface area (Å²) >= 11 is 3.63. The quantitative estimate of drug-likeness (QED) is 0.850. The Hall–Kier alpha value is -1.27. The Morgan fingerprint density at radius 2 is 2.04 bits per heavy atom. The fourth-order valence-corrected chi connectivity index (χ4v) is 4.90. The number of benzene rings is 1. The first-order valence-electron chi connectivity index (χ1n) is 8.62. The van der Waals surface area contributed by atoms with E-state index in [0.717, 1.165) is 60.3 Å². The number of hydrogen-bond acceptors (Lipinski definition) is 4. The van der Waals surface area contributed by atoms with Crippen molar-refractivity contribution in [2.24, 2.45) is 11.3 Å². The molecule has 1 saturated carbocycles. The van der Waals surface area contributed by atoms with E-state index >= 15 is 0 Å². The first kappa shape index (κ1) is 16.2. The van der Waals surface area contributed by atoms with E-state index in [1.807, 2.05) is 12.1 Å². The van der Waals surface area contributed by atoms with Crippen LogP contribution < -0.4 is 9.47 Å². The van der Waals surface area contributed by atoms with Gasteiger partial charge in [-0.2, -0.15) is 0 Å². The van der Waals surface area contributed by atoms with Crippen molar-refractivity contribution in [2.45, 2.75) is 32.2 Å². The van der Waals surface area contributed by atoms with Crippen molar-refractivity contribution in [2.75, 3.05) is 26.3 Å². The topological polar surface area (TPSA) is 59.0 Å². The summed E-state index contributed by atoms with van der Waals surface area (Å²) in [5, 5.41) is 9.73. The zero-order valence-corrected chi connectivity index (χ0v) is 15.2. The van der Waals surface area contributed by atoms with Crippen molar-refractivity contribution in [3.63, 3.8) is 0 Å². The molecule has 2 atom stereocenters. The van der Waals surface area contributed by atoms with Crippen LogP contribution in [0, 0.1) is 11.3 Å². The van der Waals surface area contributed by atoms with Crippen LogP contribution in [-0.2, 0) is 11.3 Å². The number of carboxylic acids is 1. The third-order valence-electron chi connectivity index (χ3n) is 5.68. The molecule has 0 bridgehead atoms. The maximum absolute atomic E-state index is 11.8. The van der Waals surface area contributed by atoms with Gasteiger partial charge in [0.25, 0.3) is 0 Å². The molecule has 1 N–H and O–H groups in total. The van der Waals surface area contributed by atoms with Gasteiger partial charge in [-0.3, -0.25) is 9.69 Å². The number of rotatable bonds is 3. The fourth-order valence-electron chi connectivity index (χ4n) is 4.45. The van der Waals surface area contributed by atoms with Gasteiger partial charge < -0.3 is 14.6 Å². The second-order valence-corrected chi connectivity index (χ2v) is 8.02. The van der Waals surface area contributed by atoms with Gasteiger partial charge in [0.05, 0.1) is 18.6 Å². The van der Waals surface area contributed by atoms with E-state index in [1.54, 1.807) is 0 Å². The van der Waals surface area contributed by atoms with Crippen LogP contribution in [-0.4, -0.2) is 42.3 Å². The number of carbonyl (C=O) groups is 1. The highest BCUT2D eigenvalue weighted by Crippen LogP contribution is 2.49. The molecule has 0 radical (unpaired) electrons. The van der Waals surface area contributed by atoms with Gasteiger partial charge in [0.1, 0.15) is 0 Å². The van der Waals surface area contributed by atoms with Gasteiger partial charge in [0.15, 0.2) is 11.5 Å². The van der Waals surface area contributed by atoms with E-state index < -0.39 is 11.4 Å². The number of likely N-dealkylation sites (tertiary alicyclic amines) is 1. The van der Waals surface area contributed by atoms with Gasteiger partial charge in [-0.05, 0) is 36.5 Å². The lowest BCUT2D eigenvalue weighted by Gasteiger charge is -2.24. The fraction of sp³-hybridized carbons (Fsp3) is 0.611. The van der Waals surface area contributed by atoms with Crippen LogP contribution in [0.1, 0.15) is 31.2 Å². The van der Waals surface area contributed by atoms with E-state index in [0.29, 0.717) is 19.8 Å². The summed E-state index contributed by atoms with van der Waals surface area (Å²) in [6.45, 7) is 3.60. The minimum atomic E-state index is -0.620. The van der Waals surface area contributed by atoms with E-state index in [9.17, 15) is 9.90 Å². The maximum atomic E-state index is 11.8. The zero-order chi connectivity index (χ0) is 16.7. The highest BCUT2D eigenvalue weighted by molar-refractivity contribution is 9.10. The Morgan fingerprint density at radius 3 is 2.75 bits per heavy atom. The first-order chi connectivity index (χ1) is 11.6. The standard InChI is InChI=1S/C18H22BrNO4/c19-14-8-16-15(23-5-2-6-24-16)7-12(14)9-20-10-13-3-1-4-18(13,11-20)17(21)22/h7-8,13H,1-6,9-11H2,(H,21,22)/t13-,18+/m0/s1. The predicted octanol–water partition coefficient (Wildman–Crippen LogP) is 3.30. The maximum Gasteiger partial charge on any atom is 0.311 e. The summed E-state index contributed by atoms with van der Waals surface area (Å²) < 4.78 is 12.5. The zero-order valence-electron chi connectivity index (χ0n) is 13.6. The van der Waals surface area contributed by atoms with Crippen molar-refractivity contribution >= 4 is 21.9 Å². The van der Waals surface area contributed by atoms with E-state index in [1.165, 1.54) is 0 Å². The largest absolute Gasteiger partial charge is 0.490 e. The summed E-state index contributed by atoms with van der Waals surface area (Å²) in [7, 11) is 0. The molecule has 2 heterocycles. The van der Waals surface area contributed by atoms with Crippen molar-refractivity contribution in [3.8, 4) is 11.5 Å². The summed E-state index contributed by atoms with van der Waals surface area (Å²) in [6.07, 6.45) is 3.77. The molecule has 0 unspecified atom stereocenters. The molecule has 0 aromatic heterocycles. The monoisotopic (exact) mass is 395 g/mol. The molecule has 2 fully saturated rings. The summed E-state index contributed by atoms with van der Waals surface area (Å²) in [5.41, 5.74) is 0.595. The number of carboxylic acid groups (broad SMARTS) is 1. The van der Waals surface area contributed by atoms with Crippen LogP contribution in [0.3, 0.4) is 0 Å². The second-order valence-electron chi connectivity index (χ2n) is 7.16. The molecule has 1 aromatic rings. The van der Waals surface area contributed by atoms with Crippen LogP contribution in [0.2, 0.25) is 0 Å². The minimum absolute atomic E-state index is 0.286. The first-order valence-corrected chi connectivity index (χ1v) is 9.41. The average Bonchev–Trinajstić information content (AvgIpc) is 2.99. The normalized spacial score (nSPS) is 29.3. The van der Waals surface area contributed by atoms with Gasteiger partial charge in [-0.25, -0.2) is 0 Å². The number of nitrogens with zero attached hydrogens (tertiary/aromatic N) is 1. The number of aliphatic carboxylic acids is 1.